The molecule has 0 saturated carbocycles. The van der Waals surface area contributed by atoms with Crippen LogP contribution in [-0.2, 0) is 23.1 Å². The van der Waals surface area contributed by atoms with Crippen LogP contribution in [0.5, 0.6) is 0 Å². The first-order valence-corrected chi connectivity index (χ1v) is 8.25. The number of nitrogens with zero attached hydrogens (tertiary/aromatic N) is 4. The van der Waals surface area contributed by atoms with Crippen molar-refractivity contribution in [3.05, 3.63) is 29.3 Å². The molecule has 1 aromatic carbocycles. The Morgan fingerprint density at radius 1 is 1.35 bits per heavy atom. The van der Waals surface area contributed by atoms with Gasteiger partial charge in [0, 0.05) is 18.9 Å². The Morgan fingerprint density at radius 2 is 2.00 bits per heavy atom. The monoisotopic (exact) mass is 365 g/mol. The molecule has 0 spiro atoms. The van der Waals surface area contributed by atoms with Crippen LogP contribution in [0, 0.1) is 0 Å². The van der Waals surface area contributed by atoms with Crippen molar-refractivity contribution in [3.63, 3.8) is 0 Å². The van der Waals surface area contributed by atoms with Crippen LogP contribution in [0.3, 0.4) is 0 Å². The summed E-state index contributed by atoms with van der Waals surface area (Å²) in [6.07, 6.45) is -3.86. The van der Waals surface area contributed by atoms with Crippen molar-refractivity contribution < 1.29 is 21.6 Å². The molecule has 1 N–H and O–H groups in total. The molecule has 2 aromatic rings. The number of tetrazole rings is 1. The maximum atomic E-state index is 12.8. The third kappa shape index (κ3) is 3.82. The lowest BCUT2D eigenvalue weighted by Gasteiger charge is -2.13. The predicted octanol–water partition coefficient (Wildman–Crippen LogP) is 1.42. The van der Waals surface area contributed by atoms with Gasteiger partial charge in [0.1, 0.15) is 4.99 Å². The lowest BCUT2D eigenvalue weighted by molar-refractivity contribution is -0.137. The number of anilines is 1. The minimum atomic E-state index is -4.67. The van der Waals surface area contributed by atoms with E-state index < -0.39 is 26.5 Å². The lowest BCUT2D eigenvalue weighted by Crippen LogP contribution is -2.18. The zero-order valence-corrected chi connectivity index (χ0v) is 13.4. The average Bonchev–Trinajstić information content (AvgIpc) is 2.81. The summed E-state index contributed by atoms with van der Waals surface area (Å²) in [6.45, 7) is 0. The largest absolute Gasteiger partial charge is 0.416 e. The SMILES string of the molecule is Cn1nnnc1NC(=S)c1ccc(C(F)(F)F)cc1S(C)(=O)=O. The average molecular weight is 365 g/mol. The van der Waals surface area contributed by atoms with E-state index in [1.54, 1.807) is 0 Å². The molecule has 23 heavy (non-hydrogen) atoms. The van der Waals surface area contributed by atoms with Gasteiger partial charge >= 0.3 is 6.18 Å². The molecule has 1 aromatic heterocycles. The number of nitrogens with one attached hydrogen (secondary N) is 1. The highest BCUT2D eigenvalue weighted by molar-refractivity contribution is 7.91. The first-order valence-electron chi connectivity index (χ1n) is 5.95. The van der Waals surface area contributed by atoms with Gasteiger partial charge in [0.05, 0.1) is 10.5 Å². The van der Waals surface area contributed by atoms with E-state index in [2.05, 4.69) is 20.8 Å². The molecule has 12 heteroatoms. The molecule has 1 heterocycles. The Balaban J connectivity index is 2.50. The van der Waals surface area contributed by atoms with Gasteiger partial charge in [-0.2, -0.15) is 13.2 Å². The molecule has 0 saturated heterocycles. The van der Waals surface area contributed by atoms with Crippen molar-refractivity contribution in [2.24, 2.45) is 7.05 Å². The molecule has 2 rings (SSSR count). The maximum absolute atomic E-state index is 12.8. The van der Waals surface area contributed by atoms with E-state index in [9.17, 15) is 21.6 Å². The van der Waals surface area contributed by atoms with Crippen LogP contribution in [0.1, 0.15) is 11.1 Å². The van der Waals surface area contributed by atoms with Crippen LogP contribution in [0.25, 0.3) is 0 Å². The van der Waals surface area contributed by atoms with Gasteiger partial charge in [0.2, 0.25) is 5.95 Å². The zero-order chi connectivity index (χ0) is 17.4. The van der Waals surface area contributed by atoms with Crippen LogP contribution in [-0.4, -0.2) is 39.9 Å². The molecule has 0 amide bonds. The normalized spacial score (nSPS) is 12.2. The first-order chi connectivity index (χ1) is 10.5. The van der Waals surface area contributed by atoms with Crippen molar-refractivity contribution in [2.75, 3.05) is 11.6 Å². The van der Waals surface area contributed by atoms with Crippen LogP contribution in [0.4, 0.5) is 19.1 Å². The molecular weight excluding hydrogens is 355 g/mol. The molecule has 0 fully saturated rings. The van der Waals surface area contributed by atoms with E-state index >= 15 is 0 Å². The van der Waals surface area contributed by atoms with Crippen LogP contribution >= 0.6 is 12.2 Å². The predicted molar refractivity (Wildman–Crippen MR) is 78.7 cm³/mol. The maximum Gasteiger partial charge on any atom is 0.416 e. The van der Waals surface area contributed by atoms with Gasteiger partial charge in [-0.15, -0.1) is 0 Å². The summed E-state index contributed by atoms with van der Waals surface area (Å²) >= 11 is 5.06. The Hall–Kier alpha value is -2.08. The lowest BCUT2D eigenvalue weighted by atomic mass is 10.1. The van der Waals surface area contributed by atoms with Gasteiger partial charge in [-0.1, -0.05) is 23.4 Å². The summed E-state index contributed by atoms with van der Waals surface area (Å²) in [5, 5.41) is 13.1. The zero-order valence-electron chi connectivity index (χ0n) is 11.8. The van der Waals surface area contributed by atoms with E-state index in [0.717, 1.165) is 18.4 Å². The minimum Gasteiger partial charge on any atom is -0.313 e. The van der Waals surface area contributed by atoms with E-state index in [-0.39, 0.29) is 16.5 Å². The molecule has 0 radical (unpaired) electrons. The van der Waals surface area contributed by atoms with Crippen molar-refractivity contribution in [1.82, 2.24) is 20.2 Å². The second-order valence-corrected chi connectivity index (χ2v) is 6.95. The van der Waals surface area contributed by atoms with Crippen molar-refractivity contribution in [3.8, 4) is 0 Å². The number of hydrogen-bond acceptors (Lipinski definition) is 6. The molecule has 0 bridgehead atoms. The fraction of sp³-hybridized carbons (Fsp3) is 0.273. The second-order valence-electron chi connectivity index (χ2n) is 4.56. The number of aromatic nitrogens is 4. The third-order valence-electron chi connectivity index (χ3n) is 2.80. The minimum absolute atomic E-state index is 0.0708. The fourth-order valence-electron chi connectivity index (χ4n) is 1.70. The van der Waals surface area contributed by atoms with Gasteiger partial charge < -0.3 is 5.32 Å². The standard InChI is InChI=1S/C11H10F3N5O2S2/c1-19-10(16-17-18-19)15-9(22)7-4-3-6(11(12,13)14)5-8(7)23(2,20)21/h3-5H,1-2H3,(H,15,16,18,22). The van der Waals surface area contributed by atoms with E-state index in [0.29, 0.717) is 6.07 Å². The number of rotatable bonds is 3. The number of thiocarbonyl (C=S) groups is 1. The Bertz CT molecular complexity index is 861. The van der Waals surface area contributed by atoms with Gasteiger partial charge in [-0.25, -0.2) is 13.1 Å². The quantitative estimate of drug-likeness (QED) is 0.823. The Morgan fingerprint density at radius 3 is 2.48 bits per heavy atom. The highest BCUT2D eigenvalue weighted by Crippen LogP contribution is 2.32. The Labute approximate surface area is 134 Å². The van der Waals surface area contributed by atoms with Crippen molar-refractivity contribution in [2.45, 2.75) is 11.1 Å². The number of halogens is 3. The molecule has 7 nitrogen and oxygen atoms in total. The van der Waals surface area contributed by atoms with E-state index in [1.807, 2.05) is 0 Å². The summed E-state index contributed by atoms with van der Waals surface area (Å²) in [5.41, 5.74) is -1.15. The van der Waals surface area contributed by atoms with E-state index in [1.165, 1.54) is 11.7 Å². The van der Waals surface area contributed by atoms with Gasteiger partial charge in [0.15, 0.2) is 9.84 Å². The fourth-order valence-corrected chi connectivity index (χ4v) is 2.94. The van der Waals surface area contributed by atoms with Gasteiger partial charge in [-0.05, 0) is 22.6 Å². The van der Waals surface area contributed by atoms with Gasteiger partial charge in [0.25, 0.3) is 0 Å². The highest BCUT2D eigenvalue weighted by Gasteiger charge is 2.32. The Kier molecular flexibility index (Phi) is 4.39. The van der Waals surface area contributed by atoms with E-state index in [4.69, 9.17) is 12.2 Å². The topological polar surface area (TPSA) is 89.8 Å². The number of aryl methyl sites for hydroxylation is 1. The third-order valence-corrected chi connectivity index (χ3v) is 4.26. The first kappa shape index (κ1) is 17.3. The number of sulfone groups is 1. The van der Waals surface area contributed by atoms with Crippen molar-refractivity contribution >= 4 is 33.0 Å². The molecule has 0 aliphatic rings. The summed E-state index contributed by atoms with van der Waals surface area (Å²) in [4.78, 5) is -0.642. The molecule has 0 aliphatic carbocycles. The smallest absolute Gasteiger partial charge is 0.313 e. The summed E-state index contributed by atoms with van der Waals surface area (Å²) in [6, 6.07) is 2.30. The summed E-state index contributed by atoms with van der Waals surface area (Å²) in [7, 11) is -2.43. The molecule has 124 valence electrons. The van der Waals surface area contributed by atoms with Crippen LogP contribution in [0.2, 0.25) is 0 Å². The molecular formula is C11H10F3N5O2S2. The van der Waals surface area contributed by atoms with Crippen LogP contribution < -0.4 is 5.32 Å². The van der Waals surface area contributed by atoms with Crippen molar-refractivity contribution in [1.29, 1.82) is 0 Å². The highest BCUT2D eigenvalue weighted by atomic mass is 32.2. The second kappa shape index (κ2) is 5.85. The van der Waals surface area contributed by atoms with Crippen LogP contribution in [0.15, 0.2) is 23.1 Å². The molecule has 0 aliphatic heterocycles. The molecule has 0 unspecified atom stereocenters. The van der Waals surface area contributed by atoms with Gasteiger partial charge in [-0.3, -0.25) is 0 Å². The summed E-state index contributed by atoms with van der Waals surface area (Å²) < 4.78 is 63.2. The number of alkyl halides is 3. The summed E-state index contributed by atoms with van der Waals surface area (Å²) in [5.74, 6) is 0.120. The number of hydrogen-bond donors (Lipinski definition) is 1. The number of benzene rings is 1. The molecule has 0 atom stereocenters.